The van der Waals surface area contributed by atoms with Crippen LogP contribution in [0.1, 0.15) is 24.0 Å². The van der Waals surface area contributed by atoms with Crippen LogP contribution in [0.2, 0.25) is 0 Å². The van der Waals surface area contributed by atoms with Crippen LogP contribution in [-0.4, -0.2) is 41.9 Å². The molecule has 130 valence electrons. The summed E-state index contributed by atoms with van der Waals surface area (Å²) in [4.78, 5) is 16.9. The Labute approximate surface area is 150 Å². The predicted molar refractivity (Wildman–Crippen MR) is 103 cm³/mol. The van der Waals surface area contributed by atoms with Crippen molar-refractivity contribution in [2.45, 2.75) is 25.4 Å². The van der Waals surface area contributed by atoms with Crippen molar-refractivity contribution in [2.75, 3.05) is 20.1 Å². The van der Waals surface area contributed by atoms with E-state index in [9.17, 15) is 4.79 Å². The van der Waals surface area contributed by atoms with Gasteiger partial charge in [0.15, 0.2) is 0 Å². The summed E-state index contributed by atoms with van der Waals surface area (Å²) >= 11 is 0. The van der Waals surface area contributed by atoms with Crippen molar-refractivity contribution in [2.24, 2.45) is 0 Å². The van der Waals surface area contributed by atoms with Gasteiger partial charge >= 0.3 is 0 Å². The third-order valence-electron chi connectivity index (χ3n) is 4.82. The third kappa shape index (κ3) is 5.04. The van der Waals surface area contributed by atoms with Crippen molar-refractivity contribution in [3.8, 4) is 0 Å². The topological polar surface area (TPSA) is 23.6 Å². The fourth-order valence-electron chi connectivity index (χ4n) is 3.35. The number of nitrogens with zero attached hydrogens (tertiary/aromatic N) is 2. The van der Waals surface area contributed by atoms with Gasteiger partial charge in [-0.15, -0.1) is 0 Å². The fourth-order valence-corrected chi connectivity index (χ4v) is 3.35. The minimum atomic E-state index is 0.113. The number of likely N-dealkylation sites (N-methyl/N-ethyl adjacent to an activating group) is 1. The summed E-state index contributed by atoms with van der Waals surface area (Å²) in [5, 5.41) is 0. The lowest BCUT2D eigenvalue weighted by molar-refractivity contribution is -0.128. The molecule has 1 fully saturated rings. The maximum absolute atomic E-state index is 12.5. The van der Waals surface area contributed by atoms with E-state index in [2.05, 4.69) is 36.2 Å². The molecule has 1 atom stereocenters. The number of rotatable bonds is 5. The quantitative estimate of drug-likeness (QED) is 0.776. The molecular weight excluding hydrogens is 308 g/mol. The lowest BCUT2D eigenvalue weighted by atomic mass is 10.0. The van der Waals surface area contributed by atoms with Crippen LogP contribution in [0.15, 0.2) is 66.7 Å². The summed E-state index contributed by atoms with van der Waals surface area (Å²) in [6, 6.07) is 20.9. The van der Waals surface area contributed by atoms with Gasteiger partial charge in [-0.3, -0.25) is 9.69 Å². The summed E-state index contributed by atoms with van der Waals surface area (Å²) in [6.07, 6.45) is 5.82. The molecule has 0 radical (unpaired) electrons. The van der Waals surface area contributed by atoms with E-state index >= 15 is 0 Å². The highest BCUT2D eigenvalue weighted by Crippen LogP contribution is 2.17. The molecule has 0 spiro atoms. The number of likely N-dealkylation sites (tertiary alicyclic amines) is 1. The molecule has 0 aliphatic carbocycles. The molecule has 3 rings (SSSR count). The molecule has 1 aliphatic heterocycles. The zero-order valence-electron chi connectivity index (χ0n) is 14.8. The lowest BCUT2D eigenvalue weighted by Crippen LogP contribution is -2.47. The van der Waals surface area contributed by atoms with Gasteiger partial charge in [-0.1, -0.05) is 60.7 Å². The Bertz CT molecular complexity index is 696. The molecule has 3 heteroatoms. The van der Waals surface area contributed by atoms with Crippen LogP contribution in [0.25, 0.3) is 6.08 Å². The number of benzene rings is 2. The van der Waals surface area contributed by atoms with Gasteiger partial charge in [0.25, 0.3) is 0 Å². The van der Waals surface area contributed by atoms with E-state index in [4.69, 9.17) is 0 Å². The second kappa shape index (κ2) is 8.63. The smallest absolute Gasteiger partial charge is 0.246 e. The SMILES string of the molecule is CN(Cc1ccccc1)C1CCCN(C(=O)/C=C/c2ccccc2)C1. The molecule has 1 saturated heterocycles. The predicted octanol–water partition coefficient (Wildman–Crippen LogP) is 3.82. The fraction of sp³-hybridized carbons (Fsp3) is 0.318. The molecule has 25 heavy (non-hydrogen) atoms. The highest BCUT2D eigenvalue weighted by atomic mass is 16.2. The Balaban J connectivity index is 1.57. The van der Waals surface area contributed by atoms with Gasteiger partial charge < -0.3 is 4.90 Å². The van der Waals surface area contributed by atoms with Crippen LogP contribution in [0.4, 0.5) is 0 Å². The van der Waals surface area contributed by atoms with Crippen LogP contribution in [0, 0.1) is 0 Å². The molecule has 1 heterocycles. The molecule has 0 bridgehead atoms. The van der Waals surface area contributed by atoms with Crippen LogP contribution in [0.5, 0.6) is 0 Å². The van der Waals surface area contributed by atoms with E-state index in [1.54, 1.807) is 6.08 Å². The number of hydrogen-bond acceptors (Lipinski definition) is 2. The van der Waals surface area contributed by atoms with Crippen LogP contribution >= 0.6 is 0 Å². The van der Waals surface area contributed by atoms with Gasteiger partial charge in [0.05, 0.1) is 0 Å². The molecular formula is C22H26N2O. The first kappa shape index (κ1) is 17.4. The second-order valence-corrected chi connectivity index (χ2v) is 6.73. The first-order valence-electron chi connectivity index (χ1n) is 8.98. The first-order valence-corrected chi connectivity index (χ1v) is 8.98. The Kier molecular flexibility index (Phi) is 6.02. The van der Waals surface area contributed by atoms with Crippen LogP contribution in [-0.2, 0) is 11.3 Å². The summed E-state index contributed by atoms with van der Waals surface area (Å²) in [5.41, 5.74) is 2.38. The van der Waals surface area contributed by atoms with E-state index in [0.717, 1.165) is 38.0 Å². The molecule has 0 saturated carbocycles. The Hall–Kier alpha value is -2.39. The number of hydrogen-bond donors (Lipinski definition) is 0. The summed E-state index contributed by atoms with van der Waals surface area (Å²) in [7, 11) is 2.16. The molecule has 2 aromatic rings. The molecule has 1 aliphatic rings. The molecule has 0 N–H and O–H groups in total. The van der Waals surface area contributed by atoms with Crippen molar-refractivity contribution < 1.29 is 4.79 Å². The summed E-state index contributed by atoms with van der Waals surface area (Å²) < 4.78 is 0. The monoisotopic (exact) mass is 334 g/mol. The highest BCUT2D eigenvalue weighted by molar-refractivity contribution is 5.91. The van der Waals surface area contributed by atoms with Gasteiger partial charge in [-0.25, -0.2) is 0 Å². The first-order chi connectivity index (χ1) is 12.2. The average molecular weight is 334 g/mol. The lowest BCUT2D eigenvalue weighted by Gasteiger charge is -2.37. The Morgan fingerprint density at radius 1 is 1.12 bits per heavy atom. The number of amides is 1. The molecule has 3 nitrogen and oxygen atoms in total. The van der Waals surface area contributed by atoms with Crippen molar-refractivity contribution >= 4 is 12.0 Å². The second-order valence-electron chi connectivity index (χ2n) is 6.73. The third-order valence-corrected chi connectivity index (χ3v) is 4.82. The number of piperidine rings is 1. The molecule has 1 unspecified atom stereocenters. The normalized spacial score (nSPS) is 18.0. The van der Waals surface area contributed by atoms with Gasteiger partial charge in [0, 0.05) is 31.8 Å². The van der Waals surface area contributed by atoms with E-state index in [-0.39, 0.29) is 5.91 Å². The van der Waals surface area contributed by atoms with Gasteiger partial charge in [-0.05, 0) is 37.1 Å². The minimum absolute atomic E-state index is 0.113. The molecule has 1 amide bonds. The number of carbonyl (C=O) groups excluding carboxylic acids is 1. The summed E-state index contributed by atoms with van der Waals surface area (Å²) in [6.45, 7) is 2.59. The van der Waals surface area contributed by atoms with Gasteiger partial charge in [0.2, 0.25) is 5.91 Å². The highest BCUT2D eigenvalue weighted by Gasteiger charge is 2.25. The maximum Gasteiger partial charge on any atom is 0.246 e. The van der Waals surface area contributed by atoms with E-state index in [1.165, 1.54) is 5.56 Å². The Morgan fingerprint density at radius 2 is 1.80 bits per heavy atom. The maximum atomic E-state index is 12.5. The minimum Gasteiger partial charge on any atom is -0.338 e. The van der Waals surface area contributed by atoms with Crippen molar-refractivity contribution in [1.29, 1.82) is 0 Å². The number of carbonyl (C=O) groups is 1. The molecule has 0 aromatic heterocycles. The molecule has 2 aromatic carbocycles. The van der Waals surface area contributed by atoms with Crippen molar-refractivity contribution in [1.82, 2.24) is 9.80 Å². The standard InChI is InChI=1S/C22H26N2O/c1-23(17-20-11-6-3-7-12-20)21-13-8-16-24(18-21)22(25)15-14-19-9-4-2-5-10-19/h2-7,9-12,14-15,21H,8,13,16-18H2,1H3/b15-14+. The van der Waals surface area contributed by atoms with Crippen LogP contribution < -0.4 is 0 Å². The van der Waals surface area contributed by atoms with Crippen molar-refractivity contribution in [3.05, 3.63) is 77.9 Å². The van der Waals surface area contributed by atoms with Crippen LogP contribution in [0.3, 0.4) is 0 Å². The zero-order valence-corrected chi connectivity index (χ0v) is 14.8. The van der Waals surface area contributed by atoms with E-state index < -0.39 is 0 Å². The van der Waals surface area contributed by atoms with E-state index in [1.807, 2.05) is 47.4 Å². The van der Waals surface area contributed by atoms with E-state index in [0.29, 0.717) is 6.04 Å². The van der Waals surface area contributed by atoms with Crippen molar-refractivity contribution in [3.63, 3.8) is 0 Å². The summed E-state index contributed by atoms with van der Waals surface area (Å²) in [5.74, 6) is 0.113. The zero-order chi connectivity index (χ0) is 17.5. The average Bonchev–Trinajstić information content (AvgIpc) is 2.68. The van der Waals surface area contributed by atoms with Gasteiger partial charge in [0.1, 0.15) is 0 Å². The largest absolute Gasteiger partial charge is 0.338 e. The van der Waals surface area contributed by atoms with Gasteiger partial charge in [-0.2, -0.15) is 0 Å². The Morgan fingerprint density at radius 3 is 2.52 bits per heavy atom.